The second-order valence-electron chi connectivity index (χ2n) is 4.57. The Balaban J connectivity index is 2.91. The fraction of sp³-hybridized carbons (Fsp3) is 0.750. The summed E-state index contributed by atoms with van der Waals surface area (Å²) < 4.78 is 6.75. The molecule has 0 saturated heterocycles. The minimum atomic E-state index is -0.360. The van der Waals surface area contributed by atoms with Crippen molar-refractivity contribution in [3.8, 4) is 0 Å². The van der Waals surface area contributed by atoms with E-state index in [1.165, 1.54) is 0 Å². The Morgan fingerprint density at radius 1 is 1.58 bits per heavy atom. The Morgan fingerprint density at radius 2 is 2.26 bits per heavy atom. The normalized spacial score (nSPS) is 12.6. The average Bonchev–Trinajstić information content (AvgIpc) is 2.61. The van der Waals surface area contributed by atoms with Crippen molar-refractivity contribution >= 4 is 5.69 Å². The molecule has 1 atom stereocenters. The third-order valence-electron chi connectivity index (χ3n) is 2.98. The molecule has 0 aliphatic rings. The number of ether oxygens (including phenoxy) is 1. The Labute approximate surface area is 113 Å². The molecule has 0 aliphatic carbocycles. The minimum Gasteiger partial charge on any atom is -0.383 e. The lowest BCUT2D eigenvalue weighted by atomic mass is 10.1. The standard InChI is InChI=1S/C12H22N4O3/c1-5-6-13-10(8-19-4)7-11-12(16(17)18)9(2)14-15(11)3/h10,13H,5-8H2,1-4H3. The van der Waals surface area contributed by atoms with Crippen molar-refractivity contribution in [3.63, 3.8) is 0 Å². The molecule has 19 heavy (non-hydrogen) atoms. The minimum absolute atomic E-state index is 0.0541. The second kappa shape index (κ2) is 7.20. The zero-order chi connectivity index (χ0) is 14.4. The lowest BCUT2D eigenvalue weighted by Gasteiger charge is -2.17. The van der Waals surface area contributed by atoms with Crippen molar-refractivity contribution in [2.75, 3.05) is 20.3 Å². The van der Waals surface area contributed by atoms with Crippen LogP contribution in [0.3, 0.4) is 0 Å². The van der Waals surface area contributed by atoms with Gasteiger partial charge < -0.3 is 10.1 Å². The first kappa shape index (κ1) is 15.6. The zero-order valence-electron chi connectivity index (χ0n) is 12.0. The van der Waals surface area contributed by atoms with Gasteiger partial charge in [-0.3, -0.25) is 14.8 Å². The number of nitro groups is 1. The van der Waals surface area contributed by atoms with Gasteiger partial charge in [0.15, 0.2) is 0 Å². The van der Waals surface area contributed by atoms with Crippen LogP contribution in [-0.2, 0) is 18.2 Å². The number of nitrogens with one attached hydrogen (secondary N) is 1. The third kappa shape index (κ3) is 4.00. The summed E-state index contributed by atoms with van der Waals surface area (Å²) in [6.07, 6.45) is 1.54. The summed E-state index contributed by atoms with van der Waals surface area (Å²) >= 11 is 0. The van der Waals surface area contributed by atoms with Crippen LogP contribution >= 0.6 is 0 Å². The molecule has 0 amide bonds. The maximum Gasteiger partial charge on any atom is 0.313 e. The maximum atomic E-state index is 11.1. The molecule has 0 fully saturated rings. The molecule has 1 N–H and O–H groups in total. The Bertz CT molecular complexity index is 431. The van der Waals surface area contributed by atoms with Crippen molar-refractivity contribution in [2.24, 2.45) is 7.05 Å². The number of aryl methyl sites for hydroxylation is 2. The Hall–Kier alpha value is -1.47. The van der Waals surface area contributed by atoms with Crippen molar-refractivity contribution in [1.29, 1.82) is 0 Å². The van der Waals surface area contributed by atoms with E-state index < -0.39 is 0 Å². The first-order chi connectivity index (χ1) is 9.01. The SMILES string of the molecule is CCCNC(COC)Cc1c([N+](=O)[O-])c(C)nn1C. The summed E-state index contributed by atoms with van der Waals surface area (Å²) in [4.78, 5) is 10.8. The first-order valence-corrected chi connectivity index (χ1v) is 6.40. The highest BCUT2D eigenvalue weighted by Gasteiger charge is 2.25. The van der Waals surface area contributed by atoms with Crippen LogP contribution in [0.4, 0.5) is 5.69 Å². The molecule has 0 spiro atoms. The molecular formula is C12H22N4O3. The molecule has 1 heterocycles. The van der Waals surface area contributed by atoms with Gasteiger partial charge in [-0.1, -0.05) is 6.92 Å². The second-order valence-corrected chi connectivity index (χ2v) is 4.57. The highest BCUT2D eigenvalue weighted by atomic mass is 16.6. The van der Waals surface area contributed by atoms with E-state index in [0.29, 0.717) is 24.4 Å². The van der Waals surface area contributed by atoms with E-state index in [-0.39, 0.29) is 16.7 Å². The molecule has 0 aromatic carbocycles. The van der Waals surface area contributed by atoms with Crippen LogP contribution in [0.15, 0.2) is 0 Å². The van der Waals surface area contributed by atoms with Gasteiger partial charge in [0.05, 0.1) is 11.5 Å². The number of hydrogen-bond acceptors (Lipinski definition) is 5. The molecule has 108 valence electrons. The van der Waals surface area contributed by atoms with Crippen LogP contribution in [0.25, 0.3) is 0 Å². The summed E-state index contributed by atoms with van der Waals surface area (Å²) in [5.74, 6) is 0. The van der Waals surface area contributed by atoms with Gasteiger partial charge in [0.2, 0.25) is 0 Å². The molecule has 0 bridgehead atoms. The lowest BCUT2D eigenvalue weighted by molar-refractivity contribution is -0.386. The molecule has 7 heteroatoms. The van der Waals surface area contributed by atoms with Crippen LogP contribution in [0.5, 0.6) is 0 Å². The largest absolute Gasteiger partial charge is 0.383 e. The van der Waals surface area contributed by atoms with E-state index in [0.717, 1.165) is 13.0 Å². The summed E-state index contributed by atoms with van der Waals surface area (Å²) in [6, 6.07) is 0.0541. The summed E-state index contributed by atoms with van der Waals surface area (Å²) in [5.41, 5.74) is 1.20. The molecule has 0 radical (unpaired) electrons. The van der Waals surface area contributed by atoms with Crippen molar-refractivity contribution in [1.82, 2.24) is 15.1 Å². The molecular weight excluding hydrogens is 248 g/mol. The number of methoxy groups -OCH3 is 1. The molecule has 1 aromatic rings. The number of aromatic nitrogens is 2. The molecule has 0 saturated carbocycles. The van der Waals surface area contributed by atoms with Crippen molar-refractivity contribution in [2.45, 2.75) is 32.7 Å². The summed E-state index contributed by atoms with van der Waals surface area (Å²) in [5, 5.41) is 18.6. The monoisotopic (exact) mass is 270 g/mol. The number of rotatable bonds is 8. The van der Waals surface area contributed by atoms with Crippen LogP contribution in [0.1, 0.15) is 24.7 Å². The number of nitrogens with zero attached hydrogens (tertiary/aromatic N) is 3. The van der Waals surface area contributed by atoms with Gasteiger partial charge in [-0.15, -0.1) is 0 Å². The Morgan fingerprint density at radius 3 is 2.79 bits per heavy atom. The van der Waals surface area contributed by atoms with Crippen LogP contribution in [-0.4, -0.2) is 41.0 Å². The van der Waals surface area contributed by atoms with E-state index >= 15 is 0 Å². The van der Waals surface area contributed by atoms with Crippen molar-refractivity contribution in [3.05, 3.63) is 21.5 Å². The molecule has 1 unspecified atom stereocenters. The fourth-order valence-electron chi connectivity index (χ4n) is 2.13. The van der Waals surface area contributed by atoms with E-state index in [1.54, 1.807) is 25.8 Å². The number of hydrogen-bond donors (Lipinski definition) is 1. The fourth-order valence-corrected chi connectivity index (χ4v) is 2.13. The molecule has 1 aromatic heterocycles. The summed E-state index contributed by atoms with van der Waals surface area (Å²) in [6.45, 7) is 5.11. The van der Waals surface area contributed by atoms with Gasteiger partial charge in [-0.05, 0) is 19.9 Å². The van der Waals surface area contributed by atoms with Crippen LogP contribution in [0, 0.1) is 17.0 Å². The predicted octanol–water partition coefficient (Wildman–Crippen LogP) is 1.19. The van der Waals surface area contributed by atoms with E-state index in [1.807, 2.05) is 0 Å². The van der Waals surface area contributed by atoms with E-state index in [2.05, 4.69) is 17.3 Å². The predicted molar refractivity (Wildman–Crippen MR) is 72.3 cm³/mol. The van der Waals surface area contributed by atoms with Gasteiger partial charge in [-0.2, -0.15) is 5.10 Å². The highest BCUT2D eigenvalue weighted by Crippen LogP contribution is 2.23. The van der Waals surface area contributed by atoms with Gasteiger partial charge >= 0.3 is 5.69 Å². The average molecular weight is 270 g/mol. The van der Waals surface area contributed by atoms with Crippen LogP contribution < -0.4 is 5.32 Å². The van der Waals surface area contributed by atoms with Crippen LogP contribution in [0.2, 0.25) is 0 Å². The lowest BCUT2D eigenvalue weighted by Crippen LogP contribution is -2.36. The highest BCUT2D eigenvalue weighted by molar-refractivity contribution is 5.40. The first-order valence-electron chi connectivity index (χ1n) is 6.40. The van der Waals surface area contributed by atoms with Gasteiger partial charge in [0.25, 0.3) is 0 Å². The Kier molecular flexibility index (Phi) is 5.91. The van der Waals surface area contributed by atoms with Gasteiger partial charge in [-0.25, -0.2) is 0 Å². The molecule has 0 aliphatic heterocycles. The quantitative estimate of drug-likeness (QED) is 0.567. The van der Waals surface area contributed by atoms with Gasteiger partial charge in [0.1, 0.15) is 11.4 Å². The summed E-state index contributed by atoms with van der Waals surface area (Å²) in [7, 11) is 3.36. The van der Waals surface area contributed by atoms with E-state index in [9.17, 15) is 10.1 Å². The molecule has 7 nitrogen and oxygen atoms in total. The maximum absolute atomic E-state index is 11.1. The third-order valence-corrected chi connectivity index (χ3v) is 2.98. The van der Waals surface area contributed by atoms with Gasteiger partial charge in [0, 0.05) is 26.6 Å². The zero-order valence-corrected chi connectivity index (χ0v) is 12.0. The van der Waals surface area contributed by atoms with Crippen molar-refractivity contribution < 1.29 is 9.66 Å². The smallest absolute Gasteiger partial charge is 0.313 e. The topological polar surface area (TPSA) is 82.2 Å². The van der Waals surface area contributed by atoms with E-state index in [4.69, 9.17) is 4.74 Å². The molecule has 1 rings (SSSR count).